The van der Waals surface area contributed by atoms with Gasteiger partial charge in [0.05, 0.1) is 13.0 Å². The molecule has 1 N–H and O–H groups in total. The van der Waals surface area contributed by atoms with Crippen LogP contribution in [0.3, 0.4) is 0 Å². The molecule has 0 heterocycles. The molecule has 0 aliphatic rings. The van der Waals surface area contributed by atoms with Gasteiger partial charge in [-0.3, -0.25) is 4.79 Å². The summed E-state index contributed by atoms with van der Waals surface area (Å²) < 4.78 is 5.66. The van der Waals surface area contributed by atoms with E-state index < -0.39 is 0 Å². The van der Waals surface area contributed by atoms with Crippen molar-refractivity contribution in [2.24, 2.45) is 0 Å². The predicted octanol–water partition coefficient (Wildman–Crippen LogP) is 5.09. The molecule has 1 amide bonds. The zero-order chi connectivity index (χ0) is 17.5. The summed E-state index contributed by atoms with van der Waals surface area (Å²) in [5, 5.41) is 3.05. The van der Waals surface area contributed by atoms with Gasteiger partial charge in [-0.25, -0.2) is 0 Å². The molecule has 2 rings (SSSR count). The predicted molar refractivity (Wildman–Crippen MR) is 99.8 cm³/mol. The van der Waals surface area contributed by atoms with E-state index in [2.05, 4.69) is 44.3 Å². The molecular formula is C21H27NO2. The zero-order valence-corrected chi connectivity index (χ0v) is 15.1. The van der Waals surface area contributed by atoms with E-state index in [-0.39, 0.29) is 5.91 Å². The molecule has 0 spiro atoms. The first-order valence-electron chi connectivity index (χ1n) is 8.62. The average Bonchev–Trinajstić information content (AvgIpc) is 2.57. The minimum atomic E-state index is -0.0172. The molecular weight excluding hydrogens is 298 g/mol. The van der Waals surface area contributed by atoms with Crippen LogP contribution in [-0.2, 0) is 11.2 Å². The van der Waals surface area contributed by atoms with Crippen molar-refractivity contribution in [2.45, 2.75) is 46.5 Å². The van der Waals surface area contributed by atoms with E-state index >= 15 is 0 Å². The molecule has 0 aliphatic heterocycles. The van der Waals surface area contributed by atoms with Crippen LogP contribution in [0.15, 0.2) is 42.5 Å². The van der Waals surface area contributed by atoms with E-state index in [0.29, 0.717) is 18.9 Å². The monoisotopic (exact) mass is 325 g/mol. The fourth-order valence-corrected chi connectivity index (χ4v) is 2.63. The Kier molecular flexibility index (Phi) is 6.42. The number of ether oxygens (including phenoxy) is 1. The summed E-state index contributed by atoms with van der Waals surface area (Å²) in [6.45, 7) is 8.78. The molecule has 0 radical (unpaired) electrons. The third kappa shape index (κ3) is 4.85. The second-order valence-electron chi connectivity index (χ2n) is 6.34. The van der Waals surface area contributed by atoms with Crippen molar-refractivity contribution >= 4 is 11.6 Å². The van der Waals surface area contributed by atoms with E-state index in [9.17, 15) is 4.79 Å². The molecule has 128 valence electrons. The maximum absolute atomic E-state index is 12.2. The van der Waals surface area contributed by atoms with Gasteiger partial charge in [-0.1, -0.05) is 51.1 Å². The maximum atomic E-state index is 12.2. The highest BCUT2D eigenvalue weighted by Gasteiger charge is 2.12. The first-order chi connectivity index (χ1) is 11.5. The van der Waals surface area contributed by atoms with Crippen molar-refractivity contribution in [3.05, 3.63) is 59.2 Å². The number of anilines is 1. The second-order valence-corrected chi connectivity index (χ2v) is 6.34. The molecule has 0 unspecified atom stereocenters. The Labute approximate surface area is 145 Å². The van der Waals surface area contributed by atoms with Crippen LogP contribution in [0.2, 0.25) is 0 Å². The molecule has 2 aromatic rings. The van der Waals surface area contributed by atoms with Crippen LogP contribution in [0.5, 0.6) is 5.75 Å². The van der Waals surface area contributed by atoms with E-state index in [1.807, 2.05) is 31.2 Å². The topological polar surface area (TPSA) is 38.3 Å². The molecule has 0 saturated carbocycles. The van der Waals surface area contributed by atoms with Crippen molar-refractivity contribution in [1.29, 1.82) is 0 Å². The largest absolute Gasteiger partial charge is 0.493 e. The van der Waals surface area contributed by atoms with E-state index in [1.165, 1.54) is 11.1 Å². The van der Waals surface area contributed by atoms with Crippen LogP contribution in [0, 0.1) is 6.92 Å². The van der Waals surface area contributed by atoms with Gasteiger partial charge in [0.25, 0.3) is 0 Å². The standard InChI is InChI=1S/C21H27NO2/c1-5-17-9-11-18(12-10-17)24-14-13-20(23)22-21-16(4)7-6-8-19(21)15(2)3/h6-12,15H,5,13-14H2,1-4H3,(H,22,23). The summed E-state index contributed by atoms with van der Waals surface area (Å²) in [5.41, 5.74) is 4.47. The number of benzene rings is 2. The Morgan fingerprint density at radius 2 is 1.83 bits per heavy atom. The Bertz CT molecular complexity index is 675. The lowest BCUT2D eigenvalue weighted by Crippen LogP contribution is -2.17. The number of carbonyl (C=O) groups excluding carboxylic acids is 1. The lowest BCUT2D eigenvalue weighted by Gasteiger charge is -2.16. The Balaban J connectivity index is 1.89. The number of hydrogen-bond acceptors (Lipinski definition) is 2. The van der Waals surface area contributed by atoms with Gasteiger partial charge in [-0.05, 0) is 48.1 Å². The molecule has 0 fully saturated rings. The van der Waals surface area contributed by atoms with E-state index in [1.54, 1.807) is 0 Å². The molecule has 3 heteroatoms. The summed E-state index contributed by atoms with van der Waals surface area (Å²) in [4.78, 5) is 12.2. The van der Waals surface area contributed by atoms with E-state index in [4.69, 9.17) is 4.74 Å². The molecule has 0 aliphatic carbocycles. The summed E-state index contributed by atoms with van der Waals surface area (Å²) in [5.74, 6) is 1.16. The smallest absolute Gasteiger partial charge is 0.227 e. The lowest BCUT2D eigenvalue weighted by atomic mass is 9.98. The second kappa shape index (κ2) is 8.53. The van der Waals surface area contributed by atoms with E-state index in [0.717, 1.165) is 23.4 Å². The first-order valence-corrected chi connectivity index (χ1v) is 8.62. The SMILES string of the molecule is CCc1ccc(OCCC(=O)Nc2c(C)cccc2C(C)C)cc1. The van der Waals surface area contributed by atoms with Gasteiger partial charge < -0.3 is 10.1 Å². The molecule has 0 saturated heterocycles. The summed E-state index contributed by atoms with van der Waals surface area (Å²) >= 11 is 0. The summed E-state index contributed by atoms with van der Waals surface area (Å²) in [6, 6.07) is 14.1. The fraction of sp³-hybridized carbons (Fsp3) is 0.381. The molecule has 0 bridgehead atoms. The normalized spacial score (nSPS) is 10.7. The highest BCUT2D eigenvalue weighted by Crippen LogP contribution is 2.27. The third-order valence-corrected chi connectivity index (χ3v) is 4.12. The molecule has 3 nitrogen and oxygen atoms in total. The number of para-hydroxylation sites is 1. The quantitative estimate of drug-likeness (QED) is 0.770. The third-order valence-electron chi connectivity index (χ3n) is 4.12. The number of aryl methyl sites for hydroxylation is 2. The van der Waals surface area contributed by atoms with Crippen LogP contribution in [-0.4, -0.2) is 12.5 Å². The van der Waals surface area contributed by atoms with Crippen molar-refractivity contribution in [3.63, 3.8) is 0 Å². The zero-order valence-electron chi connectivity index (χ0n) is 15.1. The molecule has 24 heavy (non-hydrogen) atoms. The highest BCUT2D eigenvalue weighted by molar-refractivity contribution is 5.92. The van der Waals surface area contributed by atoms with Crippen molar-refractivity contribution < 1.29 is 9.53 Å². The Morgan fingerprint density at radius 3 is 2.46 bits per heavy atom. The van der Waals surface area contributed by atoms with Gasteiger partial charge in [-0.15, -0.1) is 0 Å². The number of amides is 1. The summed E-state index contributed by atoms with van der Waals surface area (Å²) in [6.07, 6.45) is 1.35. The average molecular weight is 325 g/mol. The number of hydrogen-bond donors (Lipinski definition) is 1. The number of carbonyl (C=O) groups is 1. The molecule has 0 aromatic heterocycles. The Morgan fingerprint density at radius 1 is 1.12 bits per heavy atom. The summed E-state index contributed by atoms with van der Waals surface area (Å²) in [7, 11) is 0. The van der Waals surface area contributed by atoms with Crippen molar-refractivity contribution in [1.82, 2.24) is 0 Å². The van der Waals surface area contributed by atoms with Crippen molar-refractivity contribution in [2.75, 3.05) is 11.9 Å². The number of rotatable bonds is 7. The highest BCUT2D eigenvalue weighted by atomic mass is 16.5. The van der Waals surface area contributed by atoms with Gasteiger partial charge in [-0.2, -0.15) is 0 Å². The number of nitrogens with one attached hydrogen (secondary N) is 1. The molecule has 0 atom stereocenters. The minimum Gasteiger partial charge on any atom is -0.493 e. The minimum absolute atomic E-state index is 0.0172. The van der Waals surface area contributed by atoms with Crippen LogP contribution in [0.1, 0.15) is 49.8 Å². The van der Waals surface area contributed by atoms with Crippen molar-refractivity contribution in [3.8, 4) is 5.75 Å². The van der Waals surface area contributed by atoms with Gasteiger partial charge >= 0.3 is 0 Å². The van der Waals surface area contributed by atoms with Crippen LogP contribution in [0.25, 0.3) is 0 Å². The maximum Gasteiger partial charge on any atom is 0.227 e. The van der Waals surface area contributed by atoms with Crippen LogP contribution in [0.4, 0.5) is 5.69 Å². The first kappa shape index (κ1) is 18.1. The van der Waals surface area contributed by atoms with Gasteiger partial charge in [0.2, 0.25) is 5.91 Å². The fourth-order valence-electron chi connectivity index (χ4n) is 2.63. The van der Waals surface area contributed by atoms with Crippen LogP contribution < -0.4 is 10.1 Å². The lowest BCUT2D eigenvalue weighted by molar-refractivity contribution is -0.116. The van der Waals surface area contributed by atoms with Gasteiger partial charge in [0, 0.05) is 5.69 Å². The Hall–Kier alpha value is -2.29. The van der Waals surface area contributed by atoms with Gasteiger partial charge in [0.1, 0.15) is 5.75 Å². The van der Waals surface area contributed by atoms with Crippen LogP contribution >= 0.6 is 0 Å². The van der Waals surface area contributed by atoms with Gasteiger partial charge in [0.15, 0.2) is 0 Å². The molecule has 2 aromatic carbocycles.